The molecule has 0 radical (unpaired) electrons. The van der Waals surface area contributed by atoms with E-state index >= 15 is 0 Å². The Morgan fingerprint density at radius 2 is 1.61 bits per heavy atom. The molecule has 6 heteroatoms. The van der Waals surface area contributed by atoms with Crippen LogP contribution in [0.1, 0.15) is 49.8 Å². The van der Waals surface area contributed by atoms with Gasteiger partial charge in [-0.3, -0.25) is 9.59 Å². The van der Waals surface area contributed by atoms with E-state index in [0.29, 0.717) is 30.3 Å². The van der Waals surface area contributed by atoms with Crippen LogP contribution >= 0.6 is 0 Å². The third-order valence-corrected chi connectivity index (χ3v) is 7.07. The number of piperidine rings is 2. The van der Waals surface area contributed by atoms with E-state index < -0.39 is 6.04 Å². The molecule has 2 amide bonds. The highest BCUT2D eigenvalue weighted by Gasteiger charge is 2.43. The van der Waals surface area contributed by atoms with Gasteiger partial charge in [0, 0.05) is 25.2 Å². The molecule has 2 aromatic carbocycles. The zero-order chi connectivity index (χ0) is 23.5. The predicted molar refractivity (Wildman–Crippen MR) is 129 cm³/mol. The van der Waals surface area contributed by atoms with E-state index in [1.165, 1.54) is 0 Å². The first kappa shape index (κ1) is 23.1. The molecule has 0 spiro atoms. The summed E-state index contributed by atoms with van der Waals surface area (Å²) in [5, 5.41) is 0. The van der Waals surface area contributed by atoms with Gasteiger partial charge in [0.25, 0.3) is 0 Å². The van der Waals surface area contributed by atoms with Crippen molar-refractivity contribution in [1.82, 2.24) is 4.90 Å². The quantitative estimate of drug-likeness (QED) is 0.659. The number of amides is 2. The molecule has 2 aliphatic rings. The Hall–Kier alpha value is -3.02. The summed E-state index contributed by atoms with van der Waals surface area (Å²) in [5.74, 6) is 1.73. The average molecular weight is 451 g/mol. The van der Waals surface area contributed by atoms with E-state index in [0.717, 1.165) is 42.7 Å². The molecule has 4 rings (SSSR count). The normalized spacial score (nSPS) is 21.8. The Morgan fingerprint density at radius 3 is 2.24 bits per heavy atom. The lowest BCUT2D eigenvalue weighted by Crippen LogP contribution is -2.50. The van der Waals surface area contributed by atoms with E-state index in [4.69, 9.17) is 9.47 Å². The first-order valence-electron chi connectivity index (χ1n) is 11.8. The topological polar surface area (TPSA) is 59.1 Å². The number of ether oxygens (including phenoxy) is 2. The second-order valence-electron chi connectivity index (χ2n) is 9.31. The summed E-state index contributed by atoms with van der Waals surface area (Å²) in [6, 6.07) is 13.3. The third-order valence-electron chi connectivity index (χ3n) is 7.07. The minimum Gasteiger partial charge on any atom is -0.493 e. The first-order chi connectivity index (χ1) is 15.9. The summed E-state index contributed by atoms with van der Waals surface area (Å²) >= 11 is 0. The van der Waals surface area contributed by atoms with Gasteiger partial charge in [0.05, 0.1) is 26.2 Å². The number of rotatable bonds is 5. The van der Waals surface area contributed by atoms with Crippen LogP contribution in [0.4, 0.5) is 5.69 Å². The second kappa shape index (κ2) is 9.86. The molecule has 0 bridgehead atoms. The van der Waals surface area contributed by atoms with E-state index in [-0.39, 0.29) is 17.7 Å². The van der Waals surface area contributed by atoms with Crippen LogP contribution in [-0.4, -0.2) is 44.0 Å². The molecule has 2 atom stereocenters. The van der Waals surface area contributed by atoms with Gasteiger partial charge < -0.3 is 19.3 Å². The number of aryl methyl sites for hydroxylation is 1. The minimum atomic E-state index is -0.402. The number of carbonyl (C=O) groups excluding carboxylic acids is 2. The molecule has 2 fully saturated rings. The molecule has 0 N–H and O–H groups in total. The Labute approximate surface area is 196 Å². The SMILES string of the molecule is COc1ccc(C2C(C(=O)N3CCC(C)CC3)CCC(=O)N2c2ccc(C)cc2)cc1OC. The Kier molecular flexibility index (Phi) is 6.91. The van der Waals surface area contributed by atoms with Gasteiger partial charge in [0.15, 0.2) is 11.5 Å². The highest BCUT2D eigenvalue weighted by Crippen LogP contribution is 2.43. The summed E-state index contributed by atoms with van der Waals surface area (Å²) in [4.78, 5) is 30.9. The summed E-state index contributed by atoms with van der Waals surface area (Å²) in [7, 11) is 3.20. The number of hydrogen-bond donors (Lipinski definition) is 0. The minimum absolute atomic E-state index is 0.0370. The van der Waals surface area contributed by atoms with Crippen LogP contribution in [0.25, 0.3) is 0 Å². The smallest absolute Gasteiger partial charge is 0.228 e. The number of anilines is 1. The molecular weight excluding hydrogens is 416 g/mol. The fourth-order valence-electron chi connectivity index (χ4n) is 5.04. The van der Waals surface area contributed by atoms with Gasteiger partial charge in [-0.1, -0.05) is 30.7 Å². The van der Waals surface area contributed by atoms with Crippen molar-refractivity contribution < 1.29 is 19.1 Å². The van der Waals surface area contributed by atoms with Crippen LogP contribution in [0.2, 0.25) is 0 Å². The molecule has 2 heterocycles. The second-order valence-corrected chi connectivity index (χ2v) is 9.31. The Bertz CT molecular complexity index is 996. The standard InChI is InChI=1S/C27H34N2O4/c1-18-5-8-21(9-6-18)29-25(30)12-10-22(27(31)28-15-13-19(2)14-16-28)26(29)20-7-11-23(32-3)24(17-20)33-4/h5-9,11,17,19,22,26H,10,12-16H2,1-4H3. The molecule has 2 aromatic rings. The maximum Gasteiger partial charge on any atom is 0.228 e. The largest absolute Gasteiger partial charge is 0.493 e. The number of likely N-dealkylation sites (tertiary alicyclic amines) is 1. The van der Waals surface area contributed by atoms with Crippen LogP contribution in [0.5, 0.6) is 11.5 Å². The van der Waals surface area contributed by atoms with Gasteiger partial charge in [-0.05, 0) is 61.9 Å². The monoisotopic (exact) mass is 450 g/mol. The van der Waals surface area contributed by atoms with Crippen molar-refractivity contribution in [3.05, 3.63) is 53.6 Å². The predicted octanol–water partition coefficient (Wildman–Crippen LogP) is 4.76. The van der Waals surface area contributed by atoms with Gasteiger partial charge in [0.2, 0.25) is 11.8 Å². The fraction of sp³-hybridized carbons (Fsp3) is 0.481. The van der Waals surface area contributed by atoms with Gasteiger partial charge in [0.1, 0.15) is 0 Å². The summed E-state index contributed by atoms with van der Waals surface area (Å²) in [6.45, 7) is 5.84. The summed E-state index contributed by atoms with van der Waals surface area (Å²) in [5.41, 5.74) is 2.82. The van der Waals surface area contributed by atoms with E-state index in [1.807, 2.05) is 59.2 Å². The van der Waals surface area contributed by atoms with Crippen molar-refractivity contribution in [1.29, 1.82) is 0 Å². The maximum atomic E-state index is 13.8. The third kappa shape index (κ3) is 4.70. The number of carbonyl (C=O) groups is 2. The molecule has 2 saturated heterocycles. The van der Waals surface area contributed by atoms with Crippen molar-refractivity contribution in [3.63, 3.8) is 0 Å². The van der Waals surface area contributed by atoms with Crippen LogP contribution in [0.3, 0.4) is 0 Å². The van der Waals surface area contributed by atoms with Crippen LogP contribution in [-0.2, 0) is 9.59 Å². The highest BCUT2D eigenvalue weighted by molar-refractivity contribution is 5.97. The fourth-order valence-corrected chi connectivity index (χ4v) is 5.04. The van der Waals surface area contributed by atoms with Gasteiger partial charge in [-0.2, -0.15) is 0 Å². The van der Waals surface area contributed by atoms with E-state index in [1.54, 1.807) is 14.2 Å². The summed E-state index contributed by atoms with van der Waals surface area (Å²) in [6.07, 6.45) is 2.96. The molecular formula is C27H34N2O4. The van der Waals surface area contributed by atoms with E-state index in [2.05, 4.69) is 6.92 Å². The average Bonchev–Trinajstić information content (AvgIpc) is 2.84. The van der Waals surface area contributed by atoms with Crippen molar-refractivity contribution >= 4 is 17.5 Å². The Balaban J connectivity index is 1.77. The molecule has 0 aromatic heterocycles. The van der Waals surface area contributed by atoms with E-state index in [9.17, 15) is 9.59 Å². The molecule has 2 unspecified atom stereocenters. The zero-order valence-corrected chi connectivity index (χ0v) is 20.0. The van der Waals surface area contributed by atoms with Gasteiger partial charge in [-0.25, -0.2) is 0 Å². The lowest BCUT2D eigenvalue weighted by Gasteiger charge is -2.43. The molecule has 6 nitrogen and oxygen atoms in total. The molecule has 0 aliphatic carbocycles. The van der Waals surface area contributed by atoms with Gasteiger partial charge >= 0.3 is 0 Å². The Morgan fingerprint density at radius 1 is 0.939 bits per heavy atom. The van der Waals surface area contributed by atoms with Crippen molar-refractivity contribution in [2.45, 2.75) is 45.6 Å². The maximum absolute atomic E-state index is 13.8. The van der Waals surface area contributed by atoms with Crippen molar-refractivity contribution in [3.8, 4) is 11.5 Å². The van der Waals surface area contributed by atoms with Crippen molar-refractivity contribution in [2.24, 2.45) is 11.8 Å². The lowest BCUT2D eigenvalue weighted by atomic mass is 9.82. The summed E-state index contributed by atoms with van der Waals surface area (Å²) < 4.78 is 11.0. The molecule has 2 aliphatic heterocycles. The lowest BCUT2D eigenvalue weighted by molar-refractivity contribution is -0.139. The number of nitrogens with zero attached hydrogens (tertiary/aromatic N) is 2. The van der Waals surface area contributed by atoms with Crippen LogP contribution in [0.15, 0.2) is 42.5 Å². The highest BCUT2D eigenvalue weighted by atomic mass is 16.5. The molecule has 33 heavy (non-hydrogen) atoms. The van der Waals surface area contributed by atoms with Crippen molar-refractivity contribution in [2.75, 3.05) is 32.2 Å². The molecule has 176 valence electrons. The molecule has 0 saturated carbocycles. The number of hydrogen-bond acceptors (Lipinski definition) is 4. The van der Waals surface area contributed by atoms with Crippen LogP contribution < -0.4 is 14.4 Å². The zero-order valence-electron chi connectivity index (χ0n) is 20.0. The number of methoxy groups -OCH3 is 2. The van der Waals surface area contributed by atoms with Crippen LogP contribution in [0, 0.1) is 18.8 Å². The van der Waals surface area contributed by atoms with Gasteiger partial charge in [-0.15, -0.1) is 0 Å². The number of benzene rings is 2. The first-order valence-corrected chi connectivity index (χ1v) is 11.8.